The Labute approximate surface area is 409 Å². The molecule has 0 spiro atoms. The molecule has 3 unspecified atom stereocenters. The fourth-order valence-corrected chi connectivity index (χ4v) is 8.95. The molecule has 5 aromatic rings. The van der Waals surface area contributed by atoms with Crippen molar-refractivity contribution in [1.29, 1.82) is 0 Å². The Bertz CT molecular complexity index is 2740. The Hall–Kier alpha value is -5.68. The minimum atomic E-state index is -5.33. The monoisotopic (exact) mass is 1020 g/mol. The van der Waals surface area contributed by atoms with Gasteiger partial charge >= 0.3 is 23.5 Å². The Morgan fingerprint density at radius 2 is 1.01 bits per heavy atom. The van der Waals surface area contributed by atoms with Crippen molar-refractivity contribution < 1.29 is 60.3 Å². The minimum Gasteiger partial charge on any atom is -0.746 e. The molecule has 0 saturated heterocycles. The number of allylic oxidation sites excluding steroid dienone is 5. The van der Waals surface area contributed by atoms with E-state index in [0.29, 0.717) is 23.1 Å². The van der Waals surface area contributed by atoms with Gasteiger partial charge in [-0.2, -0.15) is 0 Å². The molecule has 378 valence electrons. The van der Waals surface area contributed by atoms with Crippen molar-refractivity contribution in [3.63, 3.8) is 0 Å². The molecule has 0 aliphatic carbocycles. The van der Waals surface area contributed by atoms with E-state index >= 15 is 0 Å². The molecule has 0 fully saturated rings. The SMILES string of the molecule is CC(C)=CCC/C(C)=C/CC/C(C)=C/CN1C(=O)c2cccc(OP(=O)([O-])OCc3ccccc3)c2Nc2c(OP(=O)([O-])OCc3ccccc3)cc(OP(=O)([O-])OCc3ccccc3)cc21.[NH4+].[NH4+].[NH4+]. The number of nitrogens with zero attached hydrogens (tertiary/aromatic N) is 1. The molecule has 70 heavy (non-hydrogen) atoms. The molecule has 18 nitrogen and oxygen atoms in total. The van der Waals surface area contributed by atoms with Crippen LogP contribution < -0.4 is 56.9 Å². The third-order valence-electron chi connectivity index (χ3n) is 10.2. The van der Waals surface area contributed by atoms with Crippen LogP contribution in [0.2, 0.25) is 0 Å². The zero-order valence-corrected chi connectivity index (χ0v) is 43.2. The molecule has 1 aliphatic rings. The number of phosphoric acid groups is 3. The standard InChI is InChI=1S/C49H55N2O13P3.3H3N/c1-36(2)17-14-18-37(3)19-15-20-38(4)29-30-51-44-31-42(62-65(53,54)59-33-39-21-8-5-9-22-39)32-46(64-67(57,58)61-35-41-25-12-7-13-26-41)48(44)50-47-43(49(51)52)27-16-28-45(47)63-66(55,56)60-34-40-23-10-6-11-24-40;;;/h5-13,16-17,19,21-29,31-32,50H,14-15,18,20,30,33-35H2,1-4H3,(H,53,54)(H,55,56)(H,57,58);3*1H3/b37-19+,38-29+;;;. The second kappa shape index (κ2) is 27.1. The van der Waals surface area contributed by atoms with Crippen LogP contribution in [0.15, 0.2) is 156 Å². The fourth-order valence-electron chi connectivity index (χ4n) is 6.73. The summed E-state index contributed by atoms with van der Waals surface area (Å²) in [6.45, 7) is 6.82. The van der Waals surface area contributed by atoms with Crippen LogP contribution >= 0.6 is 23.5 Å². The van der Waals surface area contributed by atoms with Crippen LogP contribution in [0.4, 0.5) is 17.1 Å². The van der Waals surface area contributed by atoms with Crippen LogP contribution in [0, 0.1) is 0 Å². The Morgan fingerprint density at radius 3 is 1.51 bits per heavy atom. The van der Waals surface area contributed by atoms with Gasteiger partial charge in [0.05, 0.1) is 36.8 Å². The van der Waals surface area contributed by atoms with Crippen LogP contribution in [0.25, 0.3) is 0 Å². The van der Waals surface area contributed by atoms with Crippen molar-refractivity contribution in [2.45, 2.75) is 73.2 Å². The number of benzene rings is 5. The lowest BCUT2D eigenvalue weighted by Gasteiger charge is -2.29. The quantitative estimate of drug-likeness (QED) is 0.0349. The van der Waals surface area contributed by atoms with Crippen LogP contribution in [0.3, 0.4) is 0 Å². The number of fused-ring (bicyclic) bond motifs is 2. The van der Waals surface area contributed by atoms with Gasteiger partial charge in [-0.25, -0.2) is 0 Å². The smallest absolute Gasteiger partial charge is 0.320 e. The van der Waals surface area contributed by atoms with E-state index in [0.717, 1.165) is 30.9 Å². The predicted octanol–water partition coefficient (Wildman–Crippen LogP) is 12.1. The van der Waals surface area contributed by atoms with Gasteiger partial charge in [-0.1, -0.05) is 132 Å². The van der Waals surface area contributed by atoms with Gasteiger partial charge in [0.15, 0.2) is 11.5 Å². The van der Waals surface area contributed by atoms with Crippen LogP contribution in [0.5, 0.6) is 17.2 Å². The Kier molecular flexibility index (Phi) is 22.7. The first-order valence-electron chi connectivity index (χ1n) is 21.4. The summed E-state index contributed by atoms with van der Waals surface area (Å²) >= 11 is 0. The van der Waals surface area contributed by atoms with Crippen molar-refractivity contribution >= 4 is 46.4 Å². The van der Waals surface area contributed by atoms with Crippen molar-refractivity contribution in [1.82, 2.24) is 18.5 Å². The number of para-hydroxylation sites is 1. The third kappa shape index (κ3) is 17.9. The number of hydrogen-bond donors (Lipinski definition) is 4. The molecule has 0 aromatic heterocycles. The summed E-state index contributed by atoms with van der Waals surface area (Å²) < 4.78 is 72.5. The molecule has 6 rings (SSSR count). The summed E-state index contributed by atoms with van der Waals surface area (Å²) in [4.78, 5) is 56.4. The molecule has 1 aliphatic heterocycles. The Morgan fingerprint density at radius 1 is 0.557 bits per heavy atom. The summed E-state index contributed by atoms with van der Waals surface area (Å²) in [5.41, 5.74) is 4.34. The molecule has 0 saturated carbocycles. The molecular formula is C49H64N5O13P3. The highest BCUT2D eigenvalue weighted by Crippen LogP contribution is 2.54. The number of anilines is 3. The van der Waals surface area contributed by atoms with Gasteiger partial charge in [0.25, 0.3) is 5.91 Å². The summed E-state index contributed by atoms with van der Waals surface area (Å²) in [5, 5.41) is 2.98. The van der Waals surface area contributed by atoms with E-state index < -0.39 is 47.5 Å². The van der Waals surface area contributed by atoms with E-state index in [1.807, 2.05) is 6.92 Å². The average molecular weight is 1020 g/mol. The highest BCUT2D eigenvalue weighted by Gasteiger charge is 2.33. The maximum atomic E-state index is 14.8. The van der Waals surface area contributed by atoms with Crippen LogP contribution in [-0.2, 0) is 47.1 Å². The molecule has 3 atom stereocenters. The number of nitrogens with one attached hydrogen (secondary N) is 1. The van der Waals surface area contributed by atoms with E-state index in [4.69, 9.17) is 27.1 Å². The molecule has 0 radical (unpaired) electrons. The van der Waals surface area contributed by atoms with E-state index in [1.54, 1.807) is 97.1 Å². The van der Waals surface area contributed by atoms with Crippen molar-refractivity contribution in [2.24, 2.45) is 0 Å². The number of hydrogen-bond acceptors (Lipinski definition) is 14. The van der Waals surface area contributed by atoms with E-state index in [1.165, 1.54) is 40.3 Å². The van der Waals surface area contributed by atoms with Crippen LogP contribution in [0.1, 0.15) is 80.4 Å². The second-order valence-corrected chi connectivity index (χ2v) is 19.9. The lowest BCUT2D eigenvalue weighted by Crippen LogP contribution is -2.30. The number of quaternary nitrogens is 3. The largest absolute Gasteiger partial charge is 0.746 e. The van der Waals surface area contributed by atoms with Crippen molar-refractivity contribution in [2.75, 3.05) is 16.8 Å². The van der Waals surface area contributed by atoms with E-state index in [9.17, 15) is 33.2 Å². The van der Waals surface area contributed by atoms with Crippen LogP contribution in [-0.4, -0.2) is 12.5 Å². The summed E-state index contributed by atoms with van der Waals surface area (Å²) in [7, 11) is -15.7. The minimum absolute atomic E-state index is 0. The maximum absolute atomic E-state index is 14.8. The van der Waals surface area contributed by atoms with Gasteiger partial charge < -0.3 is 70.5 Å². The summed E-state index contributed by atoms with van der Waals surface area (Å²) in [5.74, 6) is -2.16. The first-order valence-corrected chi connectivity index (χ1v) is 25.8. The van der Waals surface area contributed by atoms with Gasteiger partial charge in [0.2, 0.25) is 0 Å². The van der Waals surface area contributed by atoms with Gasteiger partial charge in [0.1, 0.15) is 11.4 Å². The highest BCUT2D eigenvalue weighted by atomic mass is 31.2. The topological polar surface area (TPSA) is 318 Å². The van der Waals surface area contributed by atoms with Gasteiger partial charge in [-0.05, 0) is 82.2 Å². The third-order valence-corrected chi connectivity index (χ3v) is 12.8. The predicted molar refractivity (Wildman–Crippen MR) is 270 cm³/mol. The molecule has 1 amide bonds. The molecule has 21 heteroatoms. The molecule has 1 heterocycles. The lowest BCUT2D eigenvalue weighted by atomic mass is 10.1. The highest BCUT2D eigenvalue weighted by molar-refractivity contribution is 7.46. The zero-order chi connectivity index (χ0) is 48.0. The lowest BCUT2D eigenvalue weighted by molar-refractivity contribution is -0.219. The zero-order valence-electron chi connectivity index (χ0n) is 40.5. The number of rotatable bonds is 23. The van der Waals surface area contributed by atoms with Gasteiger partial charge in [-0.3, -0.25) is 18.5 Å². The first kappa shape index (κ1) is 58.6. The number of carbonyl (C=O) groups is 1. The number of carbonyl (C=O) groups excluding carboxylic acids is 1. The molecule has 5 aromatic carbocycles. The number of phosphoric ester groups is 3. The second-order valence-electron chi connectivity index (χ2n) is 15.9. The summed E-state index contributed by atoms with van der Waals surface area (Å²) in [6, 6.07) is 31.7. The molecule has 0 bridgehead atoms. The molecular weight excluding hydrogens is 959 g/mol. The molecule has 13 N–H and O–H groups in total. The average Bonchev–Trinajstić information content (AvgIpc) is 3.41. The normalized spacial score (nSPS) is 14.7. The summed E-state index contributed by atoms with van der Waals surface area (Å²) in [6.07, 6.45) is 9.37. The fraction of sp³-hybridized carbons (Fsp3) is 0.245. The van der Waals surface area contributed by atoms with Crippen molar-refractivity contribution in [3.05, 3.63) is 179 Å². The van der Waals surface area contributed by atoms with Gasteiger partial charge in [0, 0.05) is 18.7 Å². The Balaban J connectivity index is 0.00000432. The van der Waals surface area contributed by atoms with Gasteiger partial charge in [-0.15, -0.1) is 0 Å². The number of amides is 1. The maximum Gasteiger partial charge on any atom is 0.320 e. The van der Waals surface area contributed by atoms with E-state index in [2.05, 4.69) is 38.2 Å². The first-order chi connectivity index (χ1) is 32.0. The van der Waals surface area contributed by atoms with E-state index in [-0.39, 0.29) is 66.6 Å². The van der Waals surface area contributed by atoms with Crippen molar-refractivity contribution in [3.8, 4) is 17.2 Å².